The van der Waals surface area contributed by atoms with Crippen LogP contribution < -0.4 is 14.5 Å². The van der Waals surface area contributed by atoms with Gasteiger partial charge < -0.3 is 9.64 Å². The zero-order chi connectivity index (χ0) is 17.3. The van der Waals surface area contributed by atoms with Gasteiger partial charge in [0.25, 0.3) is 0 Å². The monoisotopic (exact) mass is 332 g/mol. The number of methoxy groups -OCH3 is 1. The molecule has 1 N–H and O–H groups in total. The number of anilines is 1. The number of nitrogens with zero attached hydrogens (tertiary/aromatic N) is 2. The third-order valence-corrected chi connectivity index (χ3v) is 4.75. The van der Waals surface area contributed by atoms with Crippen molar-refractivity contribution in [2.45, 2.75) is 19.8 Å². The predicted molar refractivity (Wildman–Crippen MR) is 86.7 cm³/mol. The highest BCUT2D eigenvalue weighted by Crippen LogP contribution is 2.24. The number of quaternary nitrogens is 1. The summed E-state index contributed by atoms with van der Waals surface area (Å²) in [6.45, 7) is 4.28. The maximum Gasteiger partial charge on any atom is 0.343 e. The van der Waals surface area contributed by atoms with Gasteiger partial charge >= 0.3 is 17.8 Å². The molecular formula is C17H22N3O4+. The summed E-state index contributed by atoms with van der Waals surface area (Å²) >= 11 is 0. The van der Waals surface area contributed by atoms with Gasteiger partial charge in [-0.25, -0.2) is 14.6 Å². The van der Waals surface area contributed by atoms with Gasteiger partial charge in [-0.05, 0) is 43.0 Å². The van der Waals surface area contributed by atoms with Gasteiger partial charge in [0.2, 0.25) is 0 Å². The van der Waals surface area contributed by atoms with Gasteiger partial charge in [0.05, 0.1) is 25.9 Å². The number of imide groups is 2. The van der Waals surface area contributed by atoms with E-state index in [2.05, 4.69) is 6.92 Å². The number of carbonyl (C=O) groups excluding carboxylic acids is 3. The summed E-state index contributed by atoms with van der Waals surface area (Å²) in [7, 11) is 1.54. The first kappa shape index (κ1) is 16.4. The molecule has 7 nitrogen and oxygen atoms in total. The van der Waals surface area contributed by atoms with Gasteiger partial charge in [-0.1, -0.05) is 6.92 Å². The average Bonchev–Trinajstić information content (AvgIpc) is 2.80. The number of likely N-dealkylation sites (tertiary alicyclic amines) is 1. The van der Waals surface area contributed by atoms with Crippen molar-refractivity contribution in [3.63, 3.8) is 0 Å². The molecule has 0 aliphatic carbocycles. The lowest BCUT2D eigenvalue weighted by atomic mass is 10.00. The van der Waals surface area contributed by atoms with E-state index in [1.165, 1.54) is 12.0 Å². The second-order valence-electron chi connectivity index (χ2n) is 6.44. The first-order valence-corrected chi connectivity index (χ1v) is 8.18. The van der Waals surface area contributed by atoms with Crippen LogP contribution in [0.2, 0.25) is 0 Å². The lowest BCUT2D eigenvalue weighted by Gasteiger charge is -2.29. The molecule has 1 aromatic carbocycles. The first-order valence-electron chi connectivity index (χ1n) is 8.18. The maximum absolute atomic E-state index is 12.6. The zero-order valence-corrected chi connectivity index (χ0v) is 13.9. The molecule has 24 heavy (non-hydrogen) atoms. The Kier molecular flexibility index (Phi) is 4.53. The van der Waals surface area contributed by atoms with Crippen LogP contribution >= 0.6 is 0 Å². The third-order valence-electron chi connectivity index (χ3n) is 4.75. The van der Waals surface area contributed by atoms with Crippen molar-refractivity contribution < 1.29 is 24.0 Å². The van der Waals surface area contributed by atoms with Gasteiger partial charge in [0.15, 0.2) is 6.67 Å². The minimum atomic E-state index is -0.796. The molecule has 0 saturated carbocycles. The summed E-state index contributed by atoms with van der Waals surface area (Å²) in [5.41, 5.74) is 0.379. The smallest absolute Gasteiger partial charge is 0.343 e. The van der Waals surface area contributed by atoms with Crippen molar-refractivity contribution in [2.75, 3.05) is 31.8 Å². The molecule has 0 aromatic heterocycles. The Labute approximate surface area is 140 Å². The Morgan fingerprint density at radius 1 is 1.08 bits per heavy atom. The highest BCUT2D eigenvalue weighted by molar-refractivity contribution is 6.52. The summed E-state index contributed by atoms with van der Waals surface area (Å²) < 4.78 is 5.07. The van der Waals surface area contributed by atoms with E-state index in [0.717, 1.165) is 35.7 Å². The Morgan fingerprint density at radius 2 is 1.71 bits per heavy atom. The maximum atomic E-state index is 12.6. The van der Waals surface area contributed by atoms with Crippen LogP contribution in [0.15, 0.2) is 24.3 Å². The second-order valence-corrected chi connectivity index (χ2v) is 6.44. The molecule has 2 saturated heterocycles. The topological polar surface area (TPSA) is 71.4 Å². The highest BCUT2D eigenvalue weighted by Gasteiger charge is 2.47. The van der Waals surface area contributed by atoms with Crippen LogP contribution in [-0.4, -0.2) is 49.6 Å². The zero-order valence-electron chi connectivity index (χ0n) is 13.9. The van der Waals surface area contributed by atoms with E-state index >= 15 is 0 Å². The van der Waals surface area contributed by atoms with E-state index in [1.54, 1.807) is 24.3 Å². The molecule has 0 radical (unpaired) electrons. The van der Waals surface area contributed by atoms with Crippen LogP contribution in [0.25, 0.3) is 0 Å². The molecule has 0 spiro atoms. The van der Waals surface area contributed by atoms with Crippen LogP contribution in [0.1, 0.15) is 19.8 Å². The molecule has 4 amide bonds. The number of nitrogens with one attached hydrogen (secondary N) is 1. The molecule has 1 aromatic rings. The van der Waals surface area contributed by atoms with Crippen LogP contribution in [-0.2, 0) is 9.59 Å². The Morgan fingerprint density at radius 3 is 2.29 bits per heavy atom. The average molecular weight is 332 g/mol. The van der Waals surface area contributed by atoms with Crippen molar-refractivity contribution in [1.82, 2.24) is 4.90 Å². The fourth-order valence-corrected chi connectivity index (χ4v) is 3.16. The number of benzene rings is 1. The van der Waals surface area contributed by atoms with Gasteiger partial charge in [-0.2, -0.15) is 0 Å². The fourth-order valence-electron chi connectivity index (χ4n) is 3.16. The molecule has 0 atom stereocenters. The Balaban J connectivity index is 1.74. The lowest BCUT2D eigenvalue weighted by Crippen LogP contribution is -3.14. The van der Waals surface area contributed by atoms with Crippen LogP contribution in [0.5, 0.6) is 5.75 Å². The SMILES string of the molecule is COc1ccc(N2C(=O)C(=O)N(C[NH+]3CCC(C)CC3)C2=O)cc1. The summed E-state index contributed by atoms with van der Waals surface area (Å²) in [6, 6.07) is 5.93. The Bertz CT molecular complexity index is 650. The number of amides is 4. The van der Waals surface area contributed by atoms with Crippen molar-refractivity contribution in [1.29, 1.82) is 0 Å². The molecule has 7 heteroatoms. The number of piperidine rings is 1. The molecule has 0 bridgehead atoms. The largest absolute Gasteiger partial charge is 0.497 e. The summed E-state index contributed by atoms with van der Waals surface area (Å²) in [6.07, 6.45) is 2.14. The Hall–Kier alpha value is -2.41. The molecular weight excluding hydrogens is 310 g/mol. The van der Waals surface area contributed by atoms with Crippen LogP contribution in [0.3, 0.4) is 0 Å². The van der Waals surface area contributed by atoms with Crippen LogP contribution in [0.4, 0.5) is 10.5 Å². The van der Waals surface area contributed by atoms with Gasteiger partial charge in [0.1, 0.15) is 5.75 Å². The van der Waals surface area contributed by atoms with Crippen molar-refractivity contribution in [3.8, 4) is 5.75 Å². The number of carbonyl (C=O) groups is 3. The molecule has 0 unspecified atom stereocenters. The second kappa shape index (κ2) is 6.60. The highest BCUT2D eigenvalue weighted by atomic mass is 16.5. The van der Waals surface area contributed by atoms with E-state index < -0.39 is 17.8 Å². The molecule has 2 fully saturated rings. The standard InChI is InChI=1S/C17H21N3O4/c1-12-7-9-18(10-8-12)11-19-15(21)16(22)20(17(19)23)13-3-5-14(24-2)6-4-13/h3-6,12H,7-11H2,1-2H3/p+1. The number of ether oxygens (including phenoxy) is 1. The normalized spacial score (nSPS) is 24.7. The predicted octanol–water partition coefficient (Wildman–Crippen LogP) is 0.263. The molecule has 2 aliphatic rings. The van der Waals surface area contributed by atoms with E-state index in [0.29, 0.717) is 17.4 Å². The van der Waals surface area contributed by atoms with Gasteiger partial charge in [-0.3, -0.25) is 9.59 Å². The van der Waals surface area contributed by atoms with Crippen molar-refractivity contribution in [2.24, 2.45) is 5.92 Å². The minimum absolute atomic E-state index is 0.253. The number of hydrogen-bond acceptors (Lipinski definition) is 4. The minimum Gasteiger partial charge on any atom is -0.497 e. The molecule has 3 rings (SSSR count). The van der Waals surface area contributed by atoms with Gasteiger partial charge in [0, 0.05) is 0 Å². The van der Waals surface area contributed by atoms with E-state index in [4.69, 9.17) is 4.74 Å². The summed E-state index contributed by atoms with van der Waals surface area (Å²) in [5.74, 6) is -0.249. The van der Waals surface area contributed by atoms with Crippen molar-refractivity contribution >= 4 is 23.5 Å². The molecule has 128 valence electrons. The number of hydrogen-bond donors (Lipinski definition) is 1. The lowest BCUT2D eigenvalue weighted by molar-refractivity contribution is -0.913. The number of rotatable bonds is 4. The summed E-state index contributed by atoms with van der Waals surface area (Å²) in [5, 5.41) is 0. The fraction of sp³-hybridized carbons (Fsp3) is 0.471. The number of urea groups is 1. The van der Waals surface area contributed by atoms with Gasteiger partial charge in [-0.15, -0.1) is 0 Å². The quantitative estimate of drug-likeness (QED) is 0.634. The third kappa shape index (κ3) is 2.99. The molecule has 2 aliphatic heterocycles. The van der Waals surface area contributed by atoms with E-state index in [-0.39, 0.29) is 6.67 Å². The molecule has 2 heterocycles. The first-order chi connectivity index (χ1) is 11.5. The van der Waals surface area contributed by atoms with E-state index in [9.17, 15) is 14.4 Å². The van der Waals surface area contributed by atoms with E-state index in [1.807, 2.05) is 0 Å². The van der Waals surface area contributed by atoms with Crippen LogP contribution in [0, 0.1) is 5.92 Å². The summed E-state index contributed by atoms with van der Waals surface area (Å²) in [4.78, 5) is 40.2. The van der Waals surface area contributed by atoms with Crippen molar-refractivity contribution in [3.05, 3.63) is 24.3 Å².